The zero-order valence-electron chi connectivity index (χ0n) is 10.2. The summed E-state index contributed by atoms with van der Waals surface area (Å²) < 4.78 is 6.12. The Kier molecular flexibility index (Phi) is 2.60. The van der Waals surface area contributed by atoms with Gasteiger partial charge in [0.05, 0.1) is 12.2 Å². The number of phenols is 1. The van der Waals surface area contributed by atoms with Crippen LogP contribution in [0.3, 0.4) is 0 Å². The summed E-state index contributed by atoms with van der Waals surface area (Å²) in [6, 6.07) is 6.21. The molecule has 1 saturated heterocycles. The van der Waals surface area contributed by atoms with E-state index in [-0.39, 0.29) is 5.60 Å². The number of ether oxygens (including phenoxy) is 1. The summed E-state index contributed by atoms with van der Waals surface area (Å²) in [6.45, 7) is 3.98. The lowest BCUT2D eigenvalue weighted by molar-refractivity contribution is -0.0879. The van der Waals surface area contributed by atoms with Gasteiger partial charge in [-0.25, -0.2) is 0 Å². The first-order valence-corrected chi connectivity index (χ1v) is 6.39. The quantitative estimate of drug-likeness (QED) is 0.719. The van der Waals surface area contributed by atoms with Crippen molar-refractivity contribution in [3.05, 3.63) is 29.3 Å². The van der Waals surface area contributed by atoms with Crippen LogP contribution < -0.4 is 5.32 Å². The van der Waals surface area contributed by atoms with Crippen molar-refractivity contribution in [1.29, 1.82) is 0 Å². The average molecular weight is 233 g/mol. The van der Waals surface area contributed by atoms with E-state index in [9.17, 15) is 5.11 Å². The fraction of sp³-hybridized carbons (Fsp3) is 0.571. The van der Waals surface area contributed by atoms with Crippen molar-refractivity contribution in [2.45, 2.75) is 37.8 Å². The van der Waals surface area contributed by atoms with Crippen LogP contribution in [-0.2, 0) is 16.8 Å². The van der Waals surface area contributed by atoms with Crippen LogP contribution in [0.5, 0.6) is 5.75 Å². The van der Waals surface area contributed by atoms with E-state index in [0.717, 1.165) is 32.4 Å². The Labute approximate surface area is 102 Å². The second-order valence-corrected chi connectivity index (χ2v) is 5.24. The zero-order chi connectivity index (χ0) is 11.9. The number of aromatic hydroxyl groups is 1. The van der Waals surface area contributed by atoms with Crippen LogP contribution in [0.4, 0.5) is 0 Å². The van der Waals surface area contributed by atoms with Gasteiger partial charge in [0, 0.05) is 6.04 Å². The molecular formula is C14H19NO2. The number of phenolic OH excluding ortho intramolecular Hbond substituents is 1. The average Bonchev–Trinajstić information content (AvgIpc) is 2.28. The molecule has 1 unspecified atom stereocenters. The normalized spacial score (nSPS) is 32.4. The molecule has 17 heavy (non-hydrogen) atoms. The molecule has 2 aliphatic rings. The standard InChI is InChI=1S/C14H19NO2/c1-10-9-14(5-6-15-10)13-3-2-12(16)8-11(13)4-7-17-14/h2-3,8,10,15-16H,4-7,9H2,1H3/t10-,14?/m0/s1. The SMILES string of the molecule is C[C@H]1CC2(CCN1)OCCc1cc(O)ccc12. The molecule has 0 aliphatic carbocycles. The van der Waals surface area contributed by atoms with Crippen LogP contribution in [0.25, 0.3) is 0 Å². The first-order chi connectivity index (χ1) is 8.20. The molecule has 1 fully saturated rings. The van der Waals surface area contributed by atoms with E-state index < -0.39 is 0 Å². The Balaban J connectivity index is 2.03. The number of fused-ring (bicyclic) bond motifs is 2. The minimum atomic E-state index is -0.119. The Morgan fingerprint density at radius 1 is 1.47 bits per heavy atom. The molecule has 2 aliphatic heterocycles. The Morgan fingerprint density at radius 3 is 3.18 bits per heavy atom. The van der Waals surface area contributed by atoms with Gasteiger partial charge in [-0.2, -0.15) is 0 Å². The Morgan fingerprint density at radius 2 is 2.35 bits per heavy atom. The van der Waals surface area contributed by atoms with Gasteiger partial charge < -0.3 is 15.2 Å². The van der Waals surface area contributed by atoms with E-state index in [1.807, 2.05) is 12.1 Å². The van der Waals surface area contributed by atoms with Crippen LogP contribution >= 0.6 is 0 Å². The zero-order valence-corrected chi connectivity index (χ0v) is 10.2. The van der Waals surface area contributed by atoms with E-state index in [0.29, 0.717) is 11.8 Å². The van der Waals surface area contributed by atoms with Crippen molar-refractivity contribution in [3.8, 4) is 5.75 Å². The third-order valence-corrected chi connectivity index (χ3v) is 3.99. The van der Waals surface area contributed by atoms with E-state index in [1.54, 1.807) is 6.07 Å². The lowest BCUT2D eigenvalue weighted by Gasteiger charge is -2.44. The maximum atomic E-state index is 9.57. The van der Waals surface area contributed by atoms with Crippen molar-refractivity contribution in [1.82, 2.24) is 5.32 Å². The molecule has 92 valence electrons. The van der Waals surface area contributed by atoms with Gasteiger partial charge in [0.2, 0.25) is 0 Å². The number of hydrogen-bond donors (Lipinski definition) is 2. The highest BCUT2D eigenvalue weighted by molar-refractivity contribution is 5.40. The molecule has 3 heteroatoms. The lowest BCUT2D eigenvalue weighted by atomic mass is 9.78. The number of hydrogen-bond acceptors (Lipinski definition) is 3. The summed E-state index contributed by atoms with van der Waals surface area (Å²) in [7, 11) is 0. The second-order valence-electron chi connectivity index (χ2n) is 5.24. The molecule has 0 bridgehead atoms. The van der Waals surface area contributed by atoms with Crippen LogP contribution in [-0.4, -0.2) is 24.3 Å². The third-order valence-electron chi connectivity index (χ3n) is 3.99. The number of nitrogens with one attached hydrogen (secondary N) is 1. The summed E-state index contributed by atoms with van der Waals surface area (Å²) in [6.07, 6.45) is 2.95. The third kappa shape index (κ3) is 1.83. The molecule has 1 aromatic carbocycles. The predicted octanol–water partition coefficient (Wildman–Crippen LogP) is 1.93. The molecule has 2 heterocycles. The predicted molar refractivity (Wildman–Crippen MR) is 66.1 cm³/mol. The van der Waals surface area contributed by atoms with Crippen LogP contribution in [0.2, 0.25) is 0 Å². The van der Waals surface area contributed by atoms with Gasteiger partial charge in [0.1, 0.15) is 5.75 Å². The van der Waals surface area contributed by atoms with E-state index in [1.165, 1.54) is 11.1 Å². The minimum Gasteiger partial charge on any atom is -0.508 e. The largest absolute Gasteiger partial charge is 0.508 e. The highest BCUT2D eigenvalue weighted by atomic mass is 16.5. The van der Waals surface area contributed by atoms with E-state index in [2.05, 4.69) is 12.2 Å². The Hall–Kier alpha value is -1.06. The molecule has 0 saturated carbocycles. The van der Waals surface area contributed by atoms with Gasteiger partial charge in [0.25, 0.3) is 0 Å². The molecule has 3 nitrogen and oxygen atoms in total. The molecule has 2 N–H and O–H groups in total. The molecule has 2 atom stereocenters. The van der Waals surface area contributed by atoms with Crippen molar-refractivity contribution in [2.24, 2.45) is 0 Å². The summed E-state index contributed by atoms with van der Waals surface area (Å²) in [5, 5.41) is 13.0. The Bertz CT molecular complexity index is 432. The van der Waals surface area contributed by atoms with E-state index in [4.69, 9.17) is 4.74 Å². The minimum absolute atomic E-state index is 0.119. The summed E-state index contributed by atoms with van der Waals surface area (Å²) in [4.78, 5) is 0. The van der Waals surface area contributed by atoms with Gasteiger partial charge in [-0.1, -0.05) is 6.07 Å². The summed E-state index contributed by atoms with van der Waals surface area (Å²) >= 11 is 0. The van der Waals surface area contributed by atoms with Crippen molar-refractivity contribution < 1.29 is 9.84 Å². The molecule has 3 rings (SSSR count). The van der Waals surface area contributed by atoms with Crippen LogP contribution in [0.1, 0.15) is 30.9 Å². The van der Waals surface area contributed by atoms with Gasteiger partial charge in [-0.05, 0) is 56.0 Å². The van der Waals surface area contributed by atoms with Crippen molar-refractivity contribution in [3.63, 3.8) is 0 Å². The number of rotatable bonds is 0. The fourth-order valence-electron chi connectivity index (χ4n) is 3.23. The number of piperidine rings is 1. The maximum Gasteiger partial charge on any atom is 0.115 e. The van der Waals surface area contributed by atoms with Gasteiger partial charge in [-0.3, -0.25) is 0 Å². The van der Waals surface area contributed by atoms with Crippen LogP contribution in [0.15, 0.2) is 18.2 Å². The smallest absolute Gasteiger partial charge is 0.115 e. The maximum absolute atomic E-state index is 9.57. The van der Waals surface area contributed by atoms with Gasteiger partial charge >= 0.3 is 0 Å². The first-order valence-electron chi connectivity index (χ1n) is 6.39. The number of benzene rings is 1. The lowest BCUT2D eigenvalue weighted by Crippen LogP contribution is -2.48. The molecule has 0 radical (unpaired) electrons. The highest BCUT2D eigenvalue weighted by Crippen LogP contribution is 2.42. The van der Waals surface area contributed by atoms with Crippen molar-refractivity contribution in [2.75, 3.05) is 13.2 Å². The summed E-state index contributed by atoms with van der Waals surface area (Å²) in [5.41, 5.74) is 2.42. The second kappa shape index (κ2) is 4.00. The first kappa shape index (κ1) is 11.1. The summed E-state index contributed by atoms with van der Waals surface area (Å²) in [5.74, 6) is 0.364. The molecule has 1 spiro atoms. The van der Waals surface area contributed by atoms with Gasteiger partial charge in [0.15, 0.2) is 0 Å². The highest BCUT2D eigenvalue weighted by Gasteiger charge is 2.40. The fourth-order valence-corrected chi connectivity index (χ4v) is 3.23. The molecule has 0 aromatic heterocycles. The van der Waals surface area contributed by atoms with Crippen molar-refractivity contribution >= 4 is 0 Å². The molecular weight excluding hydrogens is 214 g/mol. The topological polar surface area (TPSA) is 41.5 Å². The van der Waals surface area contributed by atoms with Crippen LogP contribution in [0, 0.1) is 0 Å². The molecule has 0 amide bonds. The monoisotopic (exact) mass is 233 g/mol. The van der Waals surface area contributed by atoms with E-state index >= 15 is 0 Å². The van der Waals surface area contributed by atoms with Gasteiger partial charge in [-0.15, -0.1) is 0 Å². The molecule has 1 aromatic rings.